The van der Waals surface area contributed by atoms with Crippen LogP contribution in [0.25, 0.3) is 28.1 Å². The van der Waals surface area contributed by atoms with Gasteiger partial charge in [-0.2, -0.15) is 18.3 Å². The SMILES string of the molecule is CCCCOc1cccc(OCCCC)c1-c1cc(C2=CC(C)=NC2)nc(-c2cc(C(F)(F)F)[nH]n2)c1. The van der Waals surface area contributed by atoms with Gasteiger partial charge in [-0.25, -0.2) is 4.98 Å². The number of aromatic nitrogens is 3. The van der Waals surface area contributed by atoms with Crippen molar-refractivity contribution in [3.05, 3.63) is 53.9 Å². The monoisotopic (exact) mass is 512 g/mol. The van der Waals surface area contributed by atoms with Crippen molar-refractivity contribution in [2.75, 3.05) is 19.8 Å². The highest BCUT2D eigenvalue weighted by Gasteiger charge is 2.33. The second-order valence-electron chi connectivity index (χ2n) is 8.95. The van der Waals surface area contributed by atoms with E-state index in [1.807, 2.05) is 37.3 Å². The topological polar surface area (TPSA) is 72.4 Å². The molecule has 3 heterocycles. The summed E-state index contributed by atoms with van der Waals surface area (Å²) in [6.45, 7) is 7.61. The molecule has 0 saturated carbocycles. The van der Waals surface area contributed by atoms with Crippen LogP contribution in [0.1, 0.15) is 57.8 Å². The summed E-state index contributed by atoms with van der Waals surface area (Å²) >= 11 is 0. The number of alkyl halides is 3. The van der Waals surface area contributed by atoms with E-state index >= 15 is 0 Å². The minimum absolute atomic E-state index is 0.101. The molecule has 4 rings (SSSR count). The fourth-order valence-corrected chi connectivity index (χ4v) is 3.97. The van der Waals surface area contributed by atoms with Crippen LogP contribution in [-0.4, -0.2) is 40.7 Å². The summed E-state index contributed by atoms with van der Waals surface area (Å²) in [5.41, 5.74) is 3.31. The fourth-order valence-electron chi connectivity index (χ4n) is 3.97. The zero-order chi connectivity index (χ0) is 26.4. The molecule has 0 radical (unpaired) electrons. The van der Waals surface area contributed by atoms with E-state index in [9.17, 15) is 13.2 Å². The third-order valence-corrected chi connectivity index (χ3v) is 5.97. The van der Waals surface area contributed by atoms with Gasteiger partial charge in [-0.15, -0.1) is 0 Å². The third kappa shape index (κ3) is 6.39. The Morgan fingerprint density at radius 3 is 2.11 bits per heavy atom. The molecule has 0 aliphatic carbocycles. The molecule has 0 atom stereocenters. The summed E-state index contributed by atoms with van der Waals surface area (Å²) in [4.78, 5) is 9.11. The number of nitrogens with one attached hydrogen (secondary N) is 1. The number of unbranched alkanes of at least 4 members (excludes halogenated alkanes) is 2. The molecule has 0 saturated heterocycles. The fraction of sp³-hybridized carbons (Fsp3) is 0.393. The van der Waals surface area contributed by atoms with Crippen LogP contribution < -0.4 is 9.47 Å². The van der Waals surface area contributed by atoms with Crippen molar-refractivity contribution in [1.29, 1.82) is 0 Å². The lowest BCUT2D eigenvalue weighted by molar-refractivity contribution is -0.141. The molecule has 37 heavy (non-hydrogen) atoms. The smallest absolute Gasteiger partial charge is 0.432 e. The Balaban J connectivity index is 1.86. The van der Waals surface area contributed by atoms with E-state index in [0.29, 0.717) is 42.6 Å². The van der Waals surface area contributed by atoms with E-state index in [2.05, 4.69) is 34.0 Å². The normalized spacial score (nSPS) is 13.5. The average Bonchev–Trinajstić information content (AvgIpc) is 3.54. The molecule has 1 aliphatic rings. The maximum Gasteiger partial charge on any atom is 0.432 e. The lowest BCUT2D eigenvalue weighted by Gasteiger charge is -2.18. The first-order valence-electron chi connectivity index (χ1n) is 12.6. The molecule has 0 fully saturated rings. The third-order valence-electron chi connectivity index (χ3n) is 5.97. The molecule has 3 aromatic rings. The largest absolute Gasteiger partial charge is 0.493 e. The highest BCUT2D eigenvalue weighted by atomic mass is 19.4. The zero-order valence-corrected chi connectivity index (χ0v) is 21.3. The molecule has 1 aliphatic heterocycles. The Bertz CT molecular complexity index is 1270. The summed E-state index contributed by atoms with van der Waals surface area (Å²) in [5, 5.41) is 6.01. The highest BCUT2D eigenvalue weighted by molar-refractivity contribution is 6.03. The van der Waals surface area contributed by atoms with Gasteiger partial charge < -0.3 is 9.47 Å². The van der Waals surface area contributed by atoms with E-state index in [-0.39, 0.29) is 5.69 Å². The van der Waals surface area contributed by atoms with Crippen LogP contribution in [0.3, 0.4) is 0 Å². The number of ether oxygens (including phenoxy) is 2. The van der Waals surface area contributed by atoms with Gasteiger partial charge in [0, 0.05) is 11.3 Å². The molecule has 0 amide bonds. The summed E-state index contributed by atoms with van der Waals surface area (Å²) in [6, 6.07) is 10.3. The lowest BCUT2D eigenvalue weighted by atomic mass is 9.99. The number of hydrogen-bond donors (Lipinski definition) is 1. The van der Waals surface area contributed by atoms with Gasteiger partial charge in [-0.1, -0.05) is 32.8 Å². The number of nitrogens with zero attached hydrogens (tertiary/aromatic N) is 3. The molecule has 0 unspecified atom stereocenters. The van der Waals surface area contributed by atoms with E-state index < -0.39 is 11.9 Å². The van der Waals surface area contributed by atoms with Crippen molar-refractivity contribution in [3.8, 4) is 34.0 Å². The number of allylic oxidation sites excluding steroid dienone is 1. The van der Waals surface area contributed by atoms with Crippen LogP contribution in [0.4, 0.5) is 13.2 Å². The Morgan fingerprint density at radius 1 is 0.919 bits per heavy atom. The van der Waals surface area contributed by atoms with Gasteiger partial charge in [0.25, 0.3) is 0 Å². The number of halogens is 3. The first-order valence-corrected chi connectivity index (χ1v) is 12.6. The first-order chi connectivity index (χ1) is 17.8. The molecule has 1 N–H and O–H groups in total. The van der Waals surface area contributed by atoms with Crippen molar-refractivity contribution in [1.82, 2.24) is 15.2 Å². The van der Waals surface area contributed by atoms with Crippen LogP contribution in [0.2, 0.25) is 0 Å². The number of aromatic amines is 1. The van der Waals surface area contributed by atoms with Crippen molar-refractivity contribution in [2.24, 2.45) is 4.99 Å². The van der Waals surface area contributed by atoms with Gasteiger partial charge in [0.1, 0.15) is 22.9 Å². The maximum atomic E-state index is 13.3. The van der Waals surface area contributed by atoms with Gasteiger partial charge in [0.05, 0.1) is 36.7 Å². The van der Waals surface area contributed by atoms with Crippen LogP contribution in [-0.2, 0) is 6.18 Å². The Hall–Kier alpha value is -3.62. The van der Waals surface area contributed by atoms with E-state index in [1.165, 1.54) is 0 Å². The van der Waals surface area contributed by atoms with E-state index in [1.54, 1.807) is 6.07 Å². The minimum atomic E-state index is -4.54. The van der Waals surface area contributed by atoms with Crippen LogP contribution >= 0.6 is 0 Å². The van der Waals surface area contributed by atoms with Gasteiger partial charge in [-0.3, -0.25) is 10.1 Å². The highest BCUT2D eigenvalue weighted by Crippen LogP contribution is 2.41. The maximum absolute atomic E-state index is 13.3. The molecule has 0 spiro atoms. The predicted molar refractivity (Wildman–Crippen MR) is 139 cm³/mol. The van der Waals surface area contributed by atoms with Crippen LogP contribution in [0.5, 0.6) is 11.5 Å². The minimum Gasteiger partial charge on any atom is -0.493 e. The van der Waals surface area contributed by atoms with Crippen molar-refractivity contribution in [3.63, 3.8) is 0 Å². The summed E-state index contributed by atoms with van der Waals surface area (Å²) in [5.74, 6) is 1.30. The Labute approximate surface area is 214 Å². The molecule has 2 aromatic heterocycles. The lowest BCUT2D eigenvalue weighted by Crippen LogP contribution is -2.04. The number of H-pyrrole nitrogens is 1. The van der Waals surface area contributed by atoms with E-state index in [4.69, 9.17) is 9.47 Å². The second kappa shape index (κ2) is 11.6. The predicted octanol–water partition coefficient (Wildman–Crippen LogP) is 7.37. The molecular weight excluding hydrogens is 481 g/mol. The number of benzene rings is 1. The first kappa shape index (κ1) is 26.4. The van der Waals surface area contributed by atoms with Crippen molar-refractivity contribution >= 4 is 11.3 Å². The molecule has 0 bridgehead atoms. The quantitative estimate of drug-likeness (QED) is 0.272. The molecule has 196 valence electrons. The van der Waals surface area contributed by atoms with Gasteiger partial charge in [-0.05, 0) is 61.7 Å². The van der Waals surface area contributed by atoms with Gasteiger partial charge in [0.2, 0.25) is 0 Å². The molecule has 6 nitrogen and oxygen atoms in total. The Kier molecular flexibility index (Phi) is 8.31. The second-order valence-corrected chi connectivity index (χ2v) is 8.95. The number of aliphatic imine (C=N–C) groups is 1. The molecular formula is C28H31F3N4O2. The zero-order valence-electron chi connectivity index (χ0n) is 21.3. The molecule has 1 aromatic carbocycles. The average molecular weight is 513 g/mol. The summed E-state index contributed by atoms with van der Waals surface area (Å²) < 4.78 is 52.1. The van der Waals surface area contributed by atoms with E-state index in [0.717, 1.165) is 54.2 Å². The Morgan fingerprint density at radius 2 is 1.57 bits per heavy atom. The molecule has 9 heteroatoms. The summed E-state index contributed by atoms with van der Waals surface area (Å²) in [7, 11) is 0. The van der Waals surface area contributed by atoms with Crippen molar-refractivity contribution < 1.29 is 22.6 Å². The van der Waals surface area contributed by atoms with Gasteiger partial charge in [0.15, 0.2) is 0 Å². The van der Waals surface area contributed by atoms with Crippen molar-refractivity contribution in [2.45, 2.75) is 52.6 Å². The summed E-state index contributed by atoms with van der Waals surface area (Å²) in [6.07, 6.45) is 1.16. The van der Waals surface area contributed by atoms with Crippen LogP contribution in [0, 0.1) is 0 Å². The number of pyridine rings is 1. The number of hydrogen-bond acceptors (Lipinski definition) is 5. The van der Waals surface area contributed by atoms with Crippen LogP contribution in [0.15, 0.2) is 47.5 Å². The van der Waals surface area contributed by atoms with Gasteiger partial charge >= 0.3 is 6.18 Å². The number of rotatable bonds is 11. The standard InChI is InChI=1S/C28H31F3N4O2/c1-4-6-11-36-24-9-8-10-25(37-12-7-5-2)27(24)19-14-21(20-13-18(3)32-17-20)33-22(15-19)23-16-26(35-34-23)28(29,30)31/h8-10,13-16H,4-7,11-12,17H2,1-3H3,(H,34,35).